The molecule has 0 N–H and O–H groups in total. The van der Waals surface area contributed by atoms with Gasteiger partial charge >= 0.3 is 0 Å². The van der Waals surface area contributed by atoms with Crippen LogP contribution in [0.3, 0.4) is 0 Å². The maximum absolute atomic E-state index is 4.32. The summed E-state index contributed by atoms with van der Waals surface area (Å²) in [5, 5.41) is 1.45. The summed E-state index contributed by atoms with van der Waals surface area (Å²) in [6.45, 7) is 6.53. The summed E-state index contributed by atoms with van der Waals surface area (Å²) in [6, 6.07) is 10.5. The van der Waals surface area contributed by atoms with Crippen molar-refractivity contribution in [1.82, 2.24) is 4.98 Å². The van der Waals surface area contributed by atoms with Gasteiger partial charge in [0.15, 0.2) is 5.30 Å². The zero-order valence-corrected chi connectivity index (χ0v) is 13.8. The van der Waals surface area contributed by atoms with Gasteiger partial charge in [-0.1, -0.05) is 23.8 Å². The molecule has 104 valence electrons. The monoisotopic (exact) mass is 315 g/mol. The molecular formula is C16H20NNiP. The molecule has 2 rings (SSSR count). The molecule has 0 aliphatic carbocycles. The van der Waals surface area contributed by atoms with Crippen molar-refractivity contribution in [2.45, 2.75) is 20.8 Å². The molecule has 0 saturated heterocycles. The first-order valence-electron chi connectivity index (χ1n) is 5.75. The summed E-state index contributed by atoms with van der Waals surface area (Å²) in [7, 11) is 0.688. The summed E-state index contributed by atoms with van der Waals surface area (Å²) >= 11 is 0. The largest absolute Gasteiger partial charge is 0.358 e. The third-order valence-corrected chi connectivity index (χ3v) is 4.25. The van der Waals surface area contributed by atoms with E-state index in [1.807, 2.05) is 24.4 Å². The first-order valence-corrected chi connectivity index (χ1v) is 6.83. The molecule has 0 radical (unpaired) electrons. The molecule has 0 saturated carbocycles. The molecule has 0 aliphatic rings. The van der Waals surface area contributed by atoms with Crippen molar-refractivity contribution in [2.75, 3.05) is 0 Å². The number of aromatic nitrogens is 1. The van der Waals surface area contributed by atoms with E-state index >= 15 is 0 Å². The van der Waals surface area contributed by atoms with Gasteiger partial charge in [-0.15, -0.1) is 0 Å². The Morgan fingerprint density at radius 1 is 1.05 bits per heavy atom. The average Bonchev–Trinajstić information content (AvgIpc) is 2.29. The summed E-state index contributed by atoms with van der Waals surface area (Å²) in [5.41, 5.74) is 5.16. The minimum atomic E-state index is 0. The molecule has 19 heavy (non-hydrogen) atoms. The molecule has 1 nitrogen and oxygen atoms in total. The van der Waals surface area contributed by atoms with E-state index in [4.69, 9.17) is 0 Å². The van der Waals surface area contributed by atoms with Gasteiger partial charge < -0.3 is 7.43 Å². The SMILES string of the molecule is Cc1cc(C)c(/[PH+]=C/c2ccccn2)c(C)c1.[CH3-].[Ni]. The summed E-state index contributed by atoms with van der Waals surface area (Å²) in [4.78, 5) is 4.32. The van der Waals surface area contributed by atoms with Gasteiger partial charge in [0.1, 0.15) is 19.7 Å². The smallest absolute Gasteiger partial charge is 0.152 e. The van der Waals surface area contributed by atoms with Crippen LogP contribution in [0.4, 0.5) is 0 Å². The van der Waals surface area contributed by atoms with Crippen LogP contribution in [0.5, 0.6) is 0 Å². The maximum Gasteiger partial charge on any atom is 0.152 e. The minimum absolute atomic E-state index is 0. The second-order valence-corrected chi connectivity index (χ2v) is 5.39. The van der Waals surface area contributed by atoms with Crippen LogP contribution in [0.25, 0.3) is 0 Å². The number of rotatable bonds is 2. The fourth-order valence-corrected chi connectivity index (χ4v) is 3.08. The third kappa shape index (κ3) is 4.90. The number of aryl methyl sites for hydroxylation is 3. The quantitative estimate of drug-likeness (QED) is 0.469. The van der Waals surface area contributed by atoms with Crippen molar-refractivity contribution in [3.8, 4) is 0 Å². The van der Waals surface area contributed by atoms with Gasteiger partial charge in [-0.3, -0.25) is 4.98 Å². The minimum Gasteiger partial charge on any atom is -0.358 e. The number of benzene rings is 1. The van der Waals surface area contributed by atoms with E-state index in [9.17, 15) is 0 Å². The molecule has 3 heteroatoms. The Bertz CT molecular complexity index is 527. The van der Waals surface area contributed by atoms with Crippen molar-refractivity contribution in [1.29, 1.82) is 0 Å². The molecule has 1 heterocycles. The molecule has 0 amide bonds. The zero-order chi connectivity index (χ0) is 12.3. The van der Waals surface area contributed by atoms with Gasteiger partial charge in [-0.25, -0.2) is 0 Å². The van der Waals surface area contributed by atoms with Gasteiger partial charge in [0.25, 0.3) is 0 Å². The normalized spacial score (nSPS) is 9.84. The van der Waals surface area contributed by atoms with Gasteiger partial charge in [0, 0.05) is 22.7 Å². The Kier molecular flexibility index (Phi) is 7.83. The molecule has 0 fully saturated rings. The summed E-state index contributed by atoms with van der Waals surface area (Å²) in [6.07, 6.45) is 1.84. The van der Waals surface area contributed by atoms with E-state index < -0.39 is 0 Å². The van der Waals surface area contributed by atoms with Crippen molar-refractivity contribution < 1.29 is 16.5 Å². The van der Waals surface area contributed by atoms with Crippen LogP contribution in [0.15, 0.2) is 36.5 Å². The summed E-state index contributed by atoms with van der Waals surface area (Å²) < 4.78 is 0. The first kappa shape index (κ1) is 18.0. The molecule has 1 unspecified atom stereocenters. The van der Waals surface area contributed by atoms with Crippen molar-refractivity contribution in [3.05, 3.63) is 66.3 Å². The maximum atomic E-state index is 4.32. The fraction of sp³-hybridized carbons (Fsp3) is 0.188. The van der Waals surface area contributed by atoms with Crippen LogP contribution in [0.1, 0.15) is 22.4 Å². The zero-order valence-electron chi connectivity index (χ0n) is 11.8. The van der Waals surface area contributed by atoms with Crippen molar-refractivity contribution in [3.63, 3.8) is 0 Å². The summed E-state index contributed by atoms with van der Waals surface area (Å²) in [5.74, 6) is 2.21. The molecule has 1 atom stereocenters. The van der Waals surface area contributed by atoms with Gasteiger partial charge in [0.05, 0.1) is 0 Å². The van der Waals surface area contributed by atoms with Gasteiger partial charge in [-0.05, 0) is 44.0 Å². The van der Waals surface area contributed by atoms with Gasteiger partial charge in [0.2, 0.25) is 0 Å². The van der Waals surface area contributed by atoms with Crippen LogP contribution in [-0.2, 0) is 16.5 Å². The van der Waals surface area contributed by atoms with E-state index in [1.165, 1.54) is 22.0 Å². The Labute approximate surface area is 128 Å². The van der Waals surface area contributed by atoms with E-state index in [0.29, 0.717) is 8.20 Å². The Morgan fingerprint density at radius 3 is 2.21 bits per heavy atom. The van der Waals surface area contributed by atoms with Crippen LogP contribution in [-0.4, -0.2) is 10.8 Å². The number of hydrogen-bond donors (Lipinski definition) is 0. The average molecular weight is 316 g/mol. The van der Waals surface area contributed by atoms with Crippen molar-refractivity contribution >= 4 is 19.3 Å². The van der Waals surface area contributed by atoms with E-state index in [0.717, 1.165) is 5.69 Å². The number of nitrogens with zero attached hydrogens (tertiary/aromatic N) is 1. The second kappa shape index (κ2) is 8.25. The predicted octanol–water partition coefficient (Wildman–Crippen LogP) is 3.61. The standard InChI is InChI=1S/C15H16NP.CH3.Ni/c1-11-8-12(2)15(13(3)9-11)17-10-14-6-4-5-7-16-14;;/h4-10H,1-3H3;1H3;/q;-1;/p+1. The van der Waals surface area contributed by atoms with Crippen molar-refractivity contribution in [2.24, 2.45) is 0 Å². The Balaban J connectivity index is 0.00000162. The molecule has 0 bridgehead atoms. The molecule has 1 aromatic heterocycles. The molecule has 1 aromatic carbocycles. The molecule has 0 spiro atoms. The van der Waals surface area contributed by atoms with Crippen LogP contribution < -0.4 is 5.30 Å². The molecular weight excluding hydrogens is 296 g/mol. The first-order chi connectivity index (χ1) is 8.16. The Morgan fingerprint density at radius 2 is 1.68 bits per heavy atom. The van der Waals surface area contributed by atoms with E-state index in [2.05, 4.69) is 43.7 Å². The van der Waals surface area contributed by atoms with E-state index in [1.54, 1.807) is 0 Å². The molecule has 2 aromatic rings. The third-order valence-electron chi connectivity index (χ3n) is 2.73. The second-order valence-electron chi connectivity index (χ2n) is 4.32. The number of hydrogen-bond acceptors (Lipinski definition) is 1. The van der Waals surface area contributed by atoms with Gasteiger partial charge in [-0.2, -0.15) is 0 Å². The van der Waals surface area contributed by atoms with Crippen LogP contribution in [0.2, 0.25) is 0 Å². The van der Waals surface area contributed by atoms with Crippen LogP contribution >= 0.6 is 8.20 Å². The molecule has 0 aliphatic heterocycles. The Hall–Kier alpha value is -0.966. The topological polar surface area (TPSA) is 12.9 Å². The predicted molar refractivity (Wildman–Crippen MR) is 84.4 cm³/mol. The van der Waals surface area contributed by atoms with Crippen LogP contribution in [0, 0.1) is 28.2 Å². The fourth-order valence-electron chi connectivity index (χ4n) is 2.02. The van der Waals surface area contributed by atoms with E-state index in [-0.39, 0.29) is 23.9 Å². The number of pyridine rings is 1.